The van der Waals surface area contributed by atoms with Crippen molar-refractivity contribution in [2.75, 3.05) is 0 Å². The number of aromatic nitrogens is 6. The molecule has 0 unspecified atom stereocenters. The first-order chi connectivity index (χ1) is 32.7. The molecule has 0 aliphatic heterocycles. The second-order valence-corrected chi connectivity index (χ2v) is 15.9. The molecule has 0 aliphatic rings. The monoisotopic (exact) mass is 844 g/mol. The first-order valence-electron chi connectivity index (χ1n) is 21.9. The van der Waals surface area contributed by atoms with Gasteiger partial charge in [0.2, 0.25) is 0 Å². The molecular weight excluding hydrogens is 805 g/mol. The Kier molecular flexibility index (Phi) is 10.9. The van der Waals surface area contributed by atoms with E-state index in [-0.39, 0.29) is 0 Å². The lowest BCUT2D eigenvalue weighted by Crippen LogP contribution is -2.01. The van der Waals surface area contributed by atoms with Gasteiger partial charge in [-0.05, 0) is 68.8 Å². The van der Waals surface area contributed by atoms with Crippen molar-refractivity contribution in [3.63, 3.8) is 0 Å². The van der Waals surface area contributed by atoms with Gasteiger partial charge in [-0.3, -0.25) is 0 Å². The molecule has 0 saturated carbocycles. The predicted octanol–water partition coefficient (Wildman–Crippen LogP) is 14.7. The predicted molar refractivity (Wildman–Crippen MR) is 268 cm³/mol. The van der Waals surface area contributed by atoms with E-state index in [0.29, 0.717) is 34.9 Å². The lowest BCUT2D eigenvalue weighted by atomic mass is 9.95. The van der Waals surface area contributed by atoms with Gasteiger partial charge in [0.05, 0.1) is 0 Å². The molecule has 2 aromatic heterocycles. The zero-order valence-electron chi connectivity index (χ0n) is 35.8. The van der Waals surface area contributed by atoms with Crippen molar-refractivity contribution < 1.29 is 0 Å². The van der Waals surface area contributed by atoms with E-state index in [2.05, 4.69) is 140 Å². The quantitative estimate of drug-likeness (QED) is 0.136. The molecule has 0 saturated heterocycles. The highest BCUT2D eigenvalue weighted by Gasteiger charge is 2.17. The Morgan fingerprint density at radius 3 is 0.727 bits per heavy atom. The highest BCUT2D eigenvalue weighted by molar-refractivity contribution is 5.83. The Balaban J connectivity index is 0.927. The van der Waals surface area contributed by atoms with Gasteiger partial charge in [-0.15, -0.1) is 0 Å². The van der Waals surface area contributed by atoms with Crippen molar-refractivity contribution in [2.45, 2.75) is 0 Å². The highest BCUT2D eigenvalue weighted by atomic mass is 15.0. The molecule has 0 spiro atoms. The minimum Gasteiger partial charge on any atom is -0.208 e. The molecule has 0 amide bonds. The molecule has 11 aromatic rings. The van der Waals surface area contributed by atoms with Gasteiger partial charge in [0, 0.05) is 33.4 Å². The normalized spacial score (nSPS) is 11.0. The van der Waals surface area contributed by atoms with E-state index < -0.39 is 0 Å². The smallest absolute Gasteiger partial charge is 0.164 e. The Bertz CT molecular complexity index is 3410. The van der Waals surface area contributed by atoms with Crippen molar-refractivity contribution in [2.24, 2.45) is 0 Å². The van der Waals surface area contributed by atoms with Gasteiger partial charge in [0.1, 0.15) is 0 Å². The maximum absolute atomic E-state index is 5.15. The zero-order valence-corrected chi connectivity index (χ0v) is 35.8. The van der Waals surface area contributed by atoms with Gasteiger partial charge in [-0.25, -0.2) is 29.9 Å². The van der Waals surface area contributed by atoms with Gasteiger partial charge in [0.25, 0.3) is 0 Å². The number of nitrogens with zero attached hydrogens (tertiary/aromatic N) is 6. The van der Waals surface area contributed by atoms with E-state index in [1.54, 1.807) is 0 Å². The van der Waals surface area contributed by atoms with Crippen LogP contribution in [0.15, 0.2) is 243 Å². The van der Waals surface area contributed by atoms with Gasteiger partial charge in [-0.2, -0.15) is 0 Å². The van der Waals surface area contributed by atoms with Crippen molar-refractivity contribution in [3.8, 4) is 113 Å². The summed E-state index contributed by atoms with van der Waals surface area (Å²) >= 11 is 0. The molecule has 6 nitrogen and oxygen atoms in total. The number of benzene rings is 9. The molecular formula is C60H40N6. The van der Waals surface area contributed by atoms with E-state index in [4.69, 9.17) is 29.9 Å². The molecule has 0 bridgehead atoms. The molecule has 6 heteroatoms. The van der Waals surface area contributed by atoms with Crippen LogP contribution in [0, 0.1) is 0 Å². The van der Waals surface area contributed by atoms with Crippen LogP contribution in [0.2, 0.25) is 0 Å². The third-order valence-corrected chi connectivity index (χ3v) is 11.6. The molecule has 0 atom stereocenters. The van der Waals surface area contributed by atoms with E-state index in [9.17, 15) is 0 Å². The summed E-state index contributed by atoms with van der Waals surface area (Å²) in [7, 11) is 0. The van der Waals surface area contributed by atoms with E-state index >= 15 is 0 Å². The first kappa shape index (κ1) is 39.8. The van der Waals surface area contributed by atoms with E-state index in [0.717, 1.165) is 77.9 Å². The van der Waals surface area contributed by atoms with Crippen LogP contribution in [0.3, 0.4) is 0 Å². The second kappa shape index (κ2) is 18.0. The van der Waals surface area contributed by atoms with Gasteiger partial charge < -0.3 is 0 Å². The van der Waals surface area contributed by atoms with Gasteiger partial charge in [0.15, 0.2) is 34.9 Å². The van der Waals surface area contributed by atoms with Crippen molar-refractivity contribution in [3.05, 3.63) is 243 Å². The fraction of sp³-hybridized carbons (Fsp3) is 0. The molecule has 0 N–H and O–H groups in total. The molecule has 2 heterocycles. The van der Waals surface area contributed by atoms with Crippen molar-refractivity contribution in [1.29, 1.82) is 0 Å². The lowest BCUT2D eigenvalue weighted by Gasteiger charge is -2.13. The van der Waals surface area contributed by atoms with E-state index in [1.165, 1.54) is 0 Å². The minimum atomic E-state index is 0.611. The van der Waals surface area contributed by atoms with Gasteiger partial charge in [-0.1, -0.05) is 218 Å². The Morgan fingerprint density at radius 1 is 0.152 bits per heavy atom. The topological polar surface area (TPSA) is 77.3 Å². The van der Waals surface area contributed by atoms with Crippen LogP contribution < -0.4 is 0 Å². The summed E-state index contributed by atoms with van der Waals surface area (Å²) in [5, 5.41) is 0. The molecule has 9 aromatic carbocycles. The highest BCUT2D eigenvalue weighted by Crippen LogP contribution is 2.35. The zero-order chi connectivity index (χ0) is 44.1. The molecule has 0 radical (unpaired) electrons. The van der Waals surface area contributed by atoms with Crippen molar-refractivity contribution in [1.82, 2.24) is 29.9 Å². The summed E-state index contributed by atoms with van der Waals surface area (Å²) < 4.78 is 0. The minimum absolute atomic E-state index is 0.611. The number of rotatable bonds is 10. The Morgan fingerprint density at radius 2 is 0.379 bits per heavy atom. The SMILES string of the molecule is c1ccc(-c2nc(-c3ccccc3)nc(-c3cccc(-c4cccc(-c5cccc(-c6cccc(-c7nc(-c8ccccc8)nc(-c8ccccc8-c8ccccc8)n7)c6)c5)c4)c3)n2)cc1. The standard InChI is InChI=1S/C60H40N6/c1-5-19-41(20-6-1)53-35-13-14-36-54(53)60-65-57(44-25-11-4-12-26-44)64-59(66-60)52-34-18-32-50(40-52)48-30-16-28-46(38-48)45-27-15-29-47(37-45)49-31-17-33-51(39-49)58-62-55(42-21-7-2-8-22-42)61-56(63-58)43-23-9-3-10-24-43/h1-40H. The number of hydrogen-bond donors (Lipinski definition) is 0. The second-order valence-electron chi connectivity index (χ2n) is 15.9. The maximum atomic E-state index is 5.15. The molecule has 11 rings (SSSR count). The third-order valence-electron chi connectivity index (χ3n) is 11.6. The lowest BCUT2D eigenvalue weighted by molar-refractivity contribution is 1.07. The average Bonchev–Trinajstić information content (AvgIpc) is 3.42. The summed E-state index contributed by atoms with van der Waals surface area (Å²) in [6.45, 7) is 0. The van der Waals surface area contributed by atoms with E-state index in [1.807, 2.05) is 103 Å². The molecule has 0 aliphatic carbocycles. The van der Waals surface area contributed by atoms with Crippen LogP contribution in [-0.2, 0) is 0 Å². The maximum Gasteiger partial charge on any atom is 0.164 e. The van der Waals surface area contributed by atoms with Crippen LogP contribution in [0.4, 0.5) is 0 Å². The largest absolute Gasteiger partial charge is 0.208 e. The van der Waals surface area contributed by atoms with Crippen molar-refractivity contribution >= 4 is 0 Å². The average molecular weight is 845 g/mol. The van der Waals surface area contributed by atoms with Crippen LogP contribution in [-0.4, -0.2) is 29.9 Å². The van der Waals surface area contributed by atoms with Crippen LogP contribution >= 0.6 is 0 Å². The third kappa shape index (κ3) is 8.42. The summed E-state index contributed by atoms with van der Waals surface area (Å²) in [4.78, 5) is 30.1. The summed E-state index contributed by atoms with van der Waals surface area (Å²) in [6.07, 6.45) is 0. The summed E-state index contributed by atoms with van der Waals surface area (Å²) in [6, 6.07) is 83.2. The fourth-order valence-corrected chi connectivity index (χ4v) is 8.26. The Hall–Kier alpha value is -9.00. The van der Waals surface area contributed by atoms with Crippen LogP contribution in [0.25, 0.3) is 113 Å². The number of hydrogen-bond acceptors (Lipinski definition) is 6. The van der Waals surface area contributed by atoms with Gasteiger partial charge >= 0.3 is 0 Å². The van der Waals surface area contributed by atoms with Crippen LogP contribution in [0.5, 0.6) is 0 Å². The van der Waals surface area contributed by atoms with Crippen LogP contribution in [0.1, 0.15) is 0 Å². The fourth-order valence-electron chi connectivity index (χ4n) is 8.26. The molecule has 0 fully saturated rings. The molecule has 310 valence electrons. The summed E-state index contributed by atoms with van der Waals surface area (Å²) in [5.41, 5.74) is 14.3. The molecule has 66 heavy (non-hydrogen) atoms. The summed E-state index contributed by atoms with van der Waals surface area (Å²) in [5.74, 6) is 3.75. The Labute approximate surface area is 383 Å². The first-order valence-corrected chi connectivity index (χ1v) is 21.9.